The van der Waals surface area contributed by atoms with Crippen molar-refractivity contribution >= 4 is 5.97 Å². The van der Waals surface area contributed by atoms with Gasteiger partial charge in [-0.15, -0.1) is 0 Å². The zero-order valence-corrected chi connectivity index (χ0v) is 9.64. The van der Waals surface area contributed by atoms with Gasteiger partial charge in [0.15, 0.2) is 5.69 Å². The lowest BCUT2D eigenvalue weighted by molar-refractivity contribution is 0.0689. The van der Waals surface area contributed by atoms with E-state index in [-0.39, 0.29) is 5.69 Å². The first-order chi connectivity index (χ1) is 8.09. The van der Waals surface area contributed by atoms with Crippen molar-refractivity contribution in [2.24, 2.45) is 0 Å². The molecule has 0 bridgehead atoms. The van der Waals surface area contributed by atoms with Gasteiger partial charge in [0.25, 0.3) is 0 Å². The molecule has 0 unspecified atom stereocenters. The van der Waals surface area contributed by atoms with E-state index < -0.39 is 5.97 Å². The number of aromatic carboxylic acids is 1. The summed E-state index contributed by atoms with van der Waals surface area (Å²) in [4.78, 5) is 19.2. The van der Waals surface area contributed by atoms with Crippen molar-refractivity contribution in [2.45, 2.75) is 13.8 Å². The number of carboxylic acid groups (broad SMARTS) is 1. The van der Waals surface area contributed by atoms with Crippen molar-refractivity contribution in [1.29, 1.82) is 0 Å². The number of hydrogen-bond donors (Lipinski definition) is 1. The van der Waals surface area contributed by atoms with Crippen LogP contribution in [0.5, 0.6) is 0 Å². The van der Waals surface area contributed by atoms with E-state index in [9.17, 15) is 4.79 Å². The highest BCUT2D eigenvalue weighted by Crippen LogP contribution is 2.25. The molecule has 0 aromatic carbocycles. The van der Waals surface area contributed by atoms with Gasteiger partial charge in [0.1, 0.15) is 0 Å². The Morgan fingerprint density at radius 1 is 1.35 bits per heavy atom. The van der Waals surface area contributed by atoms with Crippen molar-refractivity contribution < 1.29 is 9.90 Å². The Balaban J connectivity index is 2.67. The zero-order chi connectivity index (χ0) is 12.4. The summed E-state index contributed by atoms with van der Waals surface area (Å²) < 4.78 is 0. The van der Waals surface area contributed by atoms with Crippen molar-refractivity contribution in [3.8, 4) is 11.1 Å². The van der Waals surface area contributed by atoms with E-state index in [1.807, 2.05) is 18.2 Å². The largest absolute Gasteiger partial charge is 0.477 e. The van der Waals surface area contributed by atoms with E-state index >= 15 is 0 Å². The van der Waals surface area contributed by atoms with Gasteiger partial charge in [-0.2, -0.15) is 0 Å². The van der Waals surface area contributed by atoms with Gasteiger partial charge in [-0.25, -0.2) is 9.78 Å². The molecule has 0 amide bonds. The standard InChI is InChI=1S/C13H12N2O2/c1-8-6-11(10-4-3-5-14-7-10)9(2)12(15-8)13(16)17/h3-7H,1-2H3,(H,16,17). The Morgan fingerprint density at radius 2 is 2.12 bits per heavy atom. The molecule has 0 aliphatic carbocycles. The molecule has 0 radical (unpaired) electrons. The van der Waals surface area contributed by atoms with Crippen molar-refractivity contribution in [2.75, 3.05) is 0 Å². The number of pyridine rings is 2. The minimum Gasteiger partial charge on any atom is -0.477 e. The highest BCUT2D eigenvalue weighted by molar-refractivity contribution is 5.89. The predicted molar refractivity (Wildman–Crippen MR) is 63.9 cm³/mol. The maximum absolute atomic E-state index is 11.1. The van der Waals surface area contributed by atoms with Crippen LogP contribution < -0.4 is 0 Å². The highest BCUT2D eigenvalue weighted by Gasteiger charge is 2.14. The molecule has 2 aromatic heterocycles. The van der Waals surface area contributed by atoms with Crippen LogP contribution in [-0.2, 0) is 0 Å². The first-order valence-electron chi connectivity index (χ1n) is 5.21. The van der Waals surface area contributed by atoms with Gasteiger partial charge in [0, 0.05) is 23.7 Å². The van der Waals surface area contributed by atoms with Crippen LogP contribution in [0, 0.1) is 13.8 Å². The molecule has 0 spiro atoms. The smallest absolute Gasteiger partial charge is 0.354 e. The molecule has 0 aliphatic heterocycles. The number of carboxylic acids is 1. The minimum absolute atomic E-state index is 0.101. The average Bonchev–Trinajstić information content (AvgIpc) is 2.32. The SMILES string of the molecule is Cc1cc(-c2cccnc2)c(C)c(C(=O)O)n1. The lowest BCUT2D eigenvalue weighted by Gasteiger charge is -2.09. The molecule has 17 heavy (non-hydrogen) atoms. The van der Waals surface area contributed by atoms with Gasteiger partial charge < -0.3 is 5.11 Å². The monoisotopic (exact) mass is 228 g/mol. The topological polar surface area (TPSA) is 63.1 Å². The third kappa shape index (κ3) is 2.15. The Hall–Kier alpha value is -2.23. The molecule has 0 saturated carbocycles. The van der Waals surface area contributed by atoms with Gasteiger partial charge in [0.2, 0.25) is 0 Å². The maximum Gasteiger partial charge on any atom is 0.354 e. The van der Waals surface area contributed by atoms with E-state index in [2.05, 4.69) is 9.97 Å². The molecule has 1 N–H and O–H groups in total. The van der Waals surface area contributed by atoms with Crippen LogP contribution in [0.15, 0.2) is 30.6 Å². The highest BCUT2D eigenvalue weighted by atomic mass is 16.4. The molecule has 86 valence electrons. The van der Waals surface area contributed by atoms with Crippen LogP contribution in [0.2, 0.25) is 0 Å². The molecule has 0 atom stereocenters. The number of hydrogen-bond acceptors (Lipinski definition) is 3. The van der Waals surface area contributed by atoms with E-state index in [0.29, 0.717) is 11.3 Å². The Labute approximate surface area is 99.0 Å². The predicted octanol–water partition coefficient (Wildman–Crippen LogP) is 2.46. The molecule has 4 heteroatoms. The lowest BCUT2D eigenvalue weighted by atomic mass is 10.0. The second-order valence-corrected chi connectivity index (χ2v) is 3.83. The molecule has 2 aromatic rings. The molecule has 2 rings (SSSR count). The first kappa shape index (κ1) is 11.3. The fraction of sp³-hybridized carbons (Fsp3) is 0.154. The van der Waals surface area contributed by atoms with Gasteiger partial charge in [-0.05, 0) is 37.1 Å². The Morgan fingerprint density at radius 3 is 2.71 bits per heavy atom. The Kier molecular flexibility index (Phi) is 2.87. The normalized spacial score (nSPS) is 10.2. The number of aromatic nitrogens is 2. The molecule has 2 heterocycles. The van der Waals surface area contributed by atoms with Crippen LogP contribution in [-0.4, -0.2) is 21.0 Å². The molecule has 0 aliphatic rings. The number of rotatable bonds is 2. The van der Waals surface area contributed by atoms with E-state index in [0.717, 1.165) is 11.1 Å². The summed E-state index contributed by atoms with van der Waals surface area (Å²) in [5.74, 6) is -1.00. The number of aryl methyl sites for hydroxylation is 1. The van der Waals surface area contributed by atoms with Gasteiger partial charge in [-0.3, -0.25) is 4.98 Å². The molecule has 4 nitrogen and oxygen atoms in total. The third-order valence-electron chi connectivity index (χ3n) is 2.58. The summed E-state index contributed by atoms with van der Waals surface area (Å²) in [6.45, 7) is 3.55. The van der Waals surface area contributed by atoms with Crippen LogP contribution in [0.25, 0.3) is 11.1 Å². The van der Waals surface area contributed by atoms with E-state index in [1.165, 1.54) is 0 Å². The van der Waals surface area contributed by atoms with Crippen LogP contribution in [0.1, 0.15) is 21.7 Å². The van der Waals surface area contributed by atoms with Crippen molar-refractivity contribution in [3.05, 3.63) is 47.5 Å². The fourth-order valence-corrected chi connectivity index (χ4v) is 1.77. The fourth-order valence-electron chi connectivity index (χ4n) is 1.77. The van der Waals surface area contributed by atoms with Gasteiger partial charge >= 0.3 is 5.97 Å². The third-order valence-corrected chi connectivity index (χ3v) is 2.58. The summed E-state index contributed by atoms with van der Waals surface area (Å²) in [6, 6.07) is 5.60. The van der Waals surface area contributed by atoms with E-state index in [4.69, 9.17) is 5.11 Å². The Bertz CT molecular complexity index is 565. The second-order valence-electron chi connectivity index (χ2n) is 3.83. The zero-order valence-electron chi connectivity index (χ0n) is 9.64. The molecular weight excluding hydrogens is 216 g/mol. The molecule has 0 saturated heterocycles. The minimum atomic E-state index is -1.00. The summed E-state index contributed by atoms with van der Waals surface area (Å²) in [6.07, 6.45) is 3.40. The van der Waals surface area contributed by atoms with Crippen LogP contribution in [0.3, 0.4) is 0 Å². The van der Waals surface area contributed by atoms with Crippen LogP contribution in [0.4, 0.5) is 0 Å². The summed E-state index contributed by atoms with van der Waals surface area (Å²) in [5.41, 5.74) is 3.22. The van der Waals surface area contributed by atoms with Crippen molar-refractivity contribution in [1.82, 2.24) is 9.97 Å². The summed E-state index contributed by atoms with van der Waals surface area (Å²) in [5, 5.41) is 9.08. The first-order valence-corrected chi connectivity index (χ1v) is 5.21. The van der Waals surface area contributed by atoms with Crippen molar-refractivity contribution in [3.63, 3.8) is 0 Å². The van der Waals surface area contributed by atoms with Gasteiger partial charge in [0.05, 0.1) is 0 Å². The van der Waals surface area contributed by atoms with Gasteiger partial charge in [-0.1, -0.05) is 6.07 Å². The number of nitrogens with zero attached hydrogens (tertiary/aromatic N) is 2. The van der Waals surface area contributed by atoms with Crippen LogP contribution >= 0.6 is 0 Å². The maximum atomic E-state index is 11.1. The molecule has 0 fully saturated rings. The average molecular weight is 228 g/mol. The summed E-state index contributed by atoms with van der Waals surface area (Å²) >= 11 is 0. The lowest BCUT2D eigenvalue weighted by Crippen LogP contribution is -2.06. The molecular formula is C13H12N2O2. The van der Waals surface area contributed by atoms with E-state index in [1.54, 1.807) is 26.2 Å². The quantitative estimate of drug-likeness (QED) is 0.857. The summed E-state index contributed by atoms with van der Waals surface area (Å²) in [7, 11) is 0. The second kappa shape index (κ2) is 4.33. The number of carbonyl (C=O) groups is 1.